The van der Waals surface area contributed by atoms with Crippen molar-refractivity contribution in [3.8, 4) is 0 Å². The molecule has 0 aromatic heterocycles. The van der Waals surface area contributed by atoms with Crippen LogP contribution in [0.4, 0.5) is 11.4 Å². The third-order valence-electron chi connectivity index (χ3n) is 2.09. The van der Waals surface area contributed by atoms with Gasteiger partial charge in [-0.15, -0.1) is 0 Å². The fraction of sp³-hybridized carbons (Fsp3) is 0.273. The molecule has 0 radical (unpaired) electrons. The predicted molar refractivity (Wildman–Crippen MR) is 63.4 cm³/mol. The quantitative estimate of drug-likeness (QED) is 0.590. The van der Waals surface area contributed by atoms with Gasteiger partial charge in [-0.2, -0.15) is 0 Å². The Morgan fingerprint density at radius 3 is 2.88 bits per heavy atom. The van der Waals surface area contributed by atoms with Crippen LogP contribution in [0.3, 0.4) is 0 Å². The SMILES string of the molecule is CNc1ccc(C=CCCO)cc1[N+](=O)[O-]. The van der Waals surface area contributed by atoms with Gasteiger partial charge < -0.3 is 10.4 Å². The zero-order valence-electron chi connectivity index (χ0n) is 9.01. The second-order valence-electron chi connectivity index (χ2n) is 3.20. The molecule has 1 rings (SSSR count). The number of benzene rings is 1. The summed E-state index contributed by atoms with van der Waals surface area (Å²) in [5.74, 6) is 0. The maximum absolute atomic E-state index is 10.8. The van der Waals surface area contributed by atoms with Crippen molar-refractivity contribution in [1.29, 1.82) is 0 Å². The van der Waals surface area contributed by atoms with Gasteiger partial charge in [0.2, 0.25) is 0 Å². The van der Waals surface area contributed by atoms with Crippen LogP contribution in [-0.4, -0.2) is 23.7 Å². The smallest absolute Gasteiger partial charge is 0.292 e. The summed E-state index contributed by atoms with van der Waals surface area (Å²) < 4.78 is 0. The molecule has 5 heteroatoms. The average Bonchev–Trinajstić information content (AvgIpc) is 2.29. The Labute approximate surface area is 93.6 Å². The number of nitrogens with one attached hydrogen (secondary N) is 1. The number of aliphatic hydroxyl groups excluding tert-OH is 1. The molecule has 0 fully saturated rings. The first-order chi connectivity index (χ1) is 7.69. The lowest BCUT2D eigenvalue weighted by Crippen LogP contribution is -1.96. The Kier molecular flexibility index (Phi) is 4.47. The lowest BCUT2D eigenvalue weighted by molar-refractivity contribution is -0.383. The summed E-state index contributed by atoms with van der Waals surface area (Å²) in [6.07, 6.45) is 4.07. The van der Waals surface area contributed by atoms with E-state index in [4.69, 9.17) is 5.11 Å². The lowest BCUT2D eigenvalue weighted by Gasteiger charge is -2.02. The van der Waals surface area contributed by atoms with E-state index in [1.807, 2.05) is 0 Å². The van der Waals surface area contributed by atoms with Crippen molar-refractivity contribution in [3.63, 3.8) is 0 Å². The molecule has 16 heavy (non-hydrogen) atoms. The zero-order chi connectivity index (χ0) is 12.0. The van der Waals surface area contributed by atoms with Gasteiger partial charge >= 0.3 is 0 Å². The zero-order valence-corrected chi connectivity index (χ0v) is 9.01. The van der Waals surface area contributed by atoms with Crippen molar-refractivity contribution >= 4 is 17.5 Å². The first-order valence-electron chi connectivity index (χ1n) is 4.92. The molecule has 0 aliphatic rings. The molecule has 0 amide bonds. The van der Waals surface area contributed by atoms with Crippen LogP contribution in [0.2, 0.25) is 0 Å². The molecule has 0 aliphatic carbocycles. The molecule has 0 saturated carbocycles. The summed E-state index contributed by atoms with van der Waals surface area (Å²) in [5.41, 5.74) is 1.29. The molecular weight excluding hydrogens is 208 g/mol. The van der Waals surface area contributed by atoms with Crippen molar-refractivity contribution < 1.29 is 10.0 Å². The van der Waals surface area contributed by atoms with Crippen LogP contribution in [-0.2, 0) is 0 Å². The van der Waals surface area contributed by atoms with Crippen molar-refractivity contribution in [3.05, 3.63) is 40.0 Å². The number of rotatable bonds is 5. The van der Waals surface area contributed by atoms with Crippen LogP contribution in [0.5, 0.6) is 0 Å². The molecule has 0 saturated heterocycles. The maximum atomic E-state index is 10.8. The van der Waals surface area contributed by atoms with Crippen LogP contribution >= 0.6 is 0 Å². The molecule has 86 valence electrons. The Morgan fingerprint density at radius 1 is 1.56 bits per heavy atom. The van der Waals surface area contributed by atoms with Gasteiger partial charge in [0, 0.05) is 19.7 Å². The molecule has 1 aromatic carbocycles. The van der Waals surface area contributed by atoms with Gasteiger partial charge in [0.05, 0.1) is 4.92 Å². The third kappa shape index (κ3) is 3.06. The Hall–Kier alpha value is -1.88. The number of anilines is 1. The topological polar surface area (TPSA) is 75.4 Å². The van der Waals surface area contributed by atoms with Crippen LogP contribution in [0.1, 0.15) is 12.0 Å². The van der Waals surface area contributed by atoms with E-state index in [2.05, 4.69) is 5.32 Å². The summed E-state index contributed by atoms with van der Waals surface area (Å²) >= 11 is 0. The van der Waals surface area contributed by atoms with Crippen LogP contribution in [0, 0.1) is 10.1 Å². The Balaban J connectivity index is 2.98. The molecule has 0 unspecified atom stereocenters. The average molecular weight is 222 g/mol. The van der Waals surface area contributed by atoms with Gasteiger partial charge in [0.25, 0.3) is 5.69 Å². The third-order valence-corrected chi connectivity index (χ3v) is 2.09. The number of aliphatic hydroxyl groups is 1. The minimum Gasteiger partial charge on any atom is -0.396 e. The molecular formula is C11H14N2O3. The van der Waals surface area contributed by atoms with Crippen molar-refractivity contribution in [2.75, 3.05) is 19.0 Å². The van der Waals surface area contributed by atoms with E-state index in [0.29, 0.717) is 12.1 Å². The van der Waals surface area contributed by atoms with E-state index < -0.39 is 4.92 Å². The summed E-state index contributed by atoms with van der Waals surface area (Å²) in [6, 6.07) is 4.95. The highest BCUT2D eigenvalue weighted by Crippen LogP contribution is 2.25. The summed E-state index contributed by atoms with van der Waals surface area (Å²) in [4.78, 5) is 10.3. The normalized spacial score (nSPS) is 10.6. The highest BCUT2D eigenvalue weighted by Gasteiger charge is 2.12. The van der Waals surface area contributed by atoms with E-state index in [0.717, 1.165) is 5.56 Å². The van der Waals surface area contributed by atoms with Crippen molar-refractivity contribution in [2.24, 2.45) is 0 Å². The van der Waals surface area contributed by atoms with Crippen molar-refractivity contribution in [2.45, 2.75) is 6.42 Å². The molecule has 0 heterocycles. The Morgan fingerprint density at radius 2 is 2.31 bits per heavy atom. The van der Waals surface area contributed by atoms with Gasteiger partial charge in [0.1, 0.15) is 5.69 Å². The predicted octanol–water partition coefficient (Wildman–Crippen LogP) is 2.03. The minimum absolute atomic E-state index is 0.0497. The molecule has 5 nitrogen and oxygen atoms in total. The first-order valence-corrected chi connectivity index (χ1v) is 4.92. The maximum Gasteiger partial charge on any atom is 0.292 e. The second-order valence-corrected chi connectivity index (χ2v) is 3.20. The lowest BCUT2D eigenvalue weighted by atomic mass is 10.1. The molecule has 2 N–H and O–H groups in total. The number of hydrogen-bond donors (Lipinski definition) is 2. The standard InChI is InChI=1S/C11H14N2O3/c1-12-10-6-5-9(4-2-3-7-14)8-11(10)13(15)16/h2,4-6,8,12,14H,3,7H2,1H3. The highest BCUT2D eigenvalue weighted by atomic mass is 16.6. The molecule has 1 aromatic rings. The van der Waals surface area contributed by atoms with Crippen LogP contribution in [0.25, 0.3) is 6.08 Å². The van der Waals surface area contributed by atoms with Crippen LogP contribution in [0.15, 0.2) is 24.3 Å². The number of hydrogen-bond acceptors (Lipinski definition) is 4. The number of nitro groups is 1. The summed E-state index contributed by atoms with van der Waals surface area (Å²) in [5, 5.41) is 22.1. The van der Waals surface area contributed by atoms with E-state index in [9.17, 15) is 10.1 Å². The van der Waals surface area contributed by atoms with Gasteiger partial charge in [-0.1, -0.05) is 18.2 Å². The fourth-order valence-electron chi connectivity index (χ4n) is 1.31. The van der Waals surface area contributed by atoms with E-state index >= 15 is 0 Å². The minimum atomic E-state index is -0.421. The van der Waals surface area contributed by atoms with E-state index in [1.165, 1.54) is 6.07 Å². The van der Waals surface area contributed by atoms with Gasteiger partial charge in [-0.25, -0.2) is 0 Å². The molecule has 0 aliphatic heterocycles. The second kappa shape index (κ2) is 5.87. The highest BCUT2D eigenvalue weighted by molar-refractivity contribution is 5.66. The first kappa shape index (κ1) is 12.2. The molecule has 0 atom stereocenters. The van der Waals surface area contributed by atoms with Gasteiger partial charge in [-0.3, -0.25) is 10.1 Å². The summed E-state index contributed by atoms with van der Waals surface area (Å²) in [6.45, 7) is 0.0766. The van der Waals surface area contributed by atoms with E-state index in [-0.39, 0.29) is 12.3 Å². The number of nitrogens with zero attached hydrogens (tertiary/aromatic N) is 1. The number of nitro benzene ring substituents is 1. The monoisotopic (exact) mass is 222 g/mol. The van der Waals surface area contributed by atoms with Gasteiger partial charge in [0.15, 0.2) is 0 Å². The molecule has 0 spiro atoms. The van der Waals surface area contributed by atoms with Crippen molar-refractivity contribution in [1.82, 2.24) is 0 Å². The fourth-order valence-corrected chi connectivity index (χ4v) is 1.31. The summed E-state index contributed by atoms with van der Waals surface area (Å²) in [7, 11) is 1.64. The largest absolute Gasteiger partial charge is 0.396 e. The Bertz CT molecular complexity index is 402. The van der Waals surface area contributed by atoms with Gasteiger partial charge in [-0.05, 0) is 18.1 Å². The van der Waals surface area contributed by atoms with E-state index in [1.54, 1.807) is 31.3 Å². The van der Waals surface area contributed by atoms with Crippen LogP contribution < -0.4 is 5.32 Å². The molecule has 0 bridgehead atoms.